The fourth-order valence-electron chi connectivity index (χ4n) is 2.50. The SMILES string of the molecule is CCCCCCCCc1oc2ccccc2c1C=O. The van der Waals surface area contributed by atoms with Crippen molar-refractivity contribution in [2.24, 2.45) is 0 Å². The van der Waals surface area contributed by atoms with Crippen LogP contribution in [0.5, 0.6) is 0 Å². The number of benzene rings is 1. The molecule has 0 amide bonds. The van der Waals surface area contributed by atoms with E-state index in [2.05, 4.69) is 6.92 Å². The monoisotopic (exact) mass is 258 g/mol. The third-order valence-electron chi connectivity index (χ3n) is 3.59. The van der Waals surface area contributed by atoms with Crippen molar-refractivity contribution in [1.29, 1.82) is 0 Å². The molecule has 1 aromatic heterocycles. The summed E-state index contributed by atoms with van der Waals surface area (Å²) in [6, 6.07) is 7.76. The second kappa shape index (κ2) is 7.13. The number of para-hydroxylation sites is 1. The van der Waals surface area contributed by atoms with Crippen LogP contribution in [0.25, 0.3) is 11.0 Å². The average molecular weight is 258 g/mol. The molecule has 2 rings (SSSR count). The molecule has 0 N–H and O–H groups in total. The van der Waals surface area contributed by atoms with Gasteiger partial charge in [0.2, 0.25) is 0 Å². The van der Waals surface area contributed by atoms with Gasteiger partial charge in [0, 0.05) is 11.8 Å². The Bertz CT molecular complexity index is 525. The highest BCUT2D eigenvalue weighted by Gasteiger charge is 2.12. The van der Waals surface area contributed by atoms with Gasteiger partial charge in [-0.15, -0.1) is 0 Å². The molecule has 0 radical (unpaired) electrons. The Morgan fingerprint density at radius 1 is 1.05 bits per heavy atom. The Morgan fingerprint density at radius 3 is 2.58 bits per heavy atom. The van der Waals surface area contributed by atoms with Gasteiger partial charge < -0.3 is 4.42 Å². The highest BCUT2D eigenvalue weighted by Crippen LogP contribution is 2.25. The van der Waals surface area contributed by atoms with Crippen LogP contribution in [-0.2, 0) is 6.42 Å². The molecule has 2 nitrogen and oxygen atoms in total. The van der Waals surface area contributed by atoms with Gasteiger partial charge in [-0.2, -0.15) is 0 Å². The van der Waals surface area contributed by atoms with Gasteiger partial charge in [0.1, 0.15) is 11.3 Å². The van der Waals surface area contributed by atoms with Crippen LogP contribution in [0.2, 0.25) is 0 Å². The molecule has 0 aliphatic heterocycles. The minimum atomic E-state index is 0.740. The lowest BCUT2D eigenvalue weighted by Gasteiger charge is -1.99. The van der Waals surface area contributed by atoms with Crippen molar-refractivity contribution in [3.63, 3.8) is 0 Å². The predicted octanol–water partition coefficient (Wildman–Crippen LogP) is 5.15. The summed E-state index contributed by atoms with van der Waals surface area (Å²) in [5.74, 6) is 0.853. The van der Waals surface area contributed by atoms with Crippen molar-refractivity contribution in [2.75, 3.05) is 0 Å². The Kier molecular flexibility index (Phi) is 5.20. The number of fused-ring (bicyclic) bond motifs is 1. The van der Waals surface area contributed by atoms with Crippen molar-refractivity contribution < 1.29 is 9.21 Å². The van der Waals surface area contributed by atoms with Crippen molar-refractivity contribution in [1.82, 2.24) is 0 Å². The van der Waals surface area contributed by atoms with Crippen molar-refractivity contribution in [3.8, 4) is 0 Å². The second-order valence-electron chi connectivity index (χ2n) is 5.07. The van der Waals surface area contributed by atoms with Gasteiger partial charge in [0.15, 0.2) is 6.29 Å². The lowest BCUT2D eigenvalue weighted by atomic mass is 10.1. The summed E-state index contributed by atoms with van der Waals surface area (Å²) < 4.78 is 5.79. The summed E-state index contributed by atoms with van der Waals surface area (Å²) in [5.41, 5.74) is 1.56. The molecule has 0 atom stereocenters. The number of aldehydes is 1. The van der Waals surface area contributed by atoms with Crippen LogP contribution in [0.4, 0.5) is 0 Å². The Hall–Kier alpha value is -1.57. The summed E-state index contributed by atoms with van der Waals surface area (Å²) in [7, 11) is 0. The predicted molar refractivity (Wildman–Crippen MR) is 78.7 cm³/mol. The average Bonchev–Trinajstić information content (AvgIpc) is 2.80. The topological polar surface area (TPSA) is 30.2 Å². The summed E-state index contributed by atoms with van der Waals surface area (Å²) in [4.78, 5) is 11.2. The third-order valence-corrected chi connectivity index (χ3v) is 3.59. The van der Waals surface area contributed by atoms with Gasteiger partial charge >= 0.3 is 0 Å². The van der Waals surface area contributed by atoms with E-state index in [1.165, 1.54) is 32.1 Å². The van der Waals surface area contributed by atoms with Crippen LogP contribution in [-0.4, -0.2) is 6.29 Å². The minimum absolute atomic E-state index is 0.740. The third kappa shape index (κ3) is 3.46. The van der Waals surface area contributed by atoms with E-state index >= 15 is 0 Å². The summed E-state index contributed by atoms with van der Waals surface area (Å²) in [6.45, 7) is 2.23. The van der Waals surface area contributed by atoms with Crippen LogP contribution in [0.15, 0.2) is 28.7 Å². The Labute approximate surface area is 114 Å². The van der Waals surface area contributed by atoms with Crippen LogP contribution in [0.3, 0.4) is 0 Å². The van der Waals surface area contributed by atoms with Gasteiger partial charge in [0.25, 0.3) is 0 Å². The number of unbranched alkanes of at least 4 members (excludes halogenated alkanes) is 5. The zero-order valence-corrected chi connectivity index (χ0v) is 11.7. The van der Waals surface area contributed by atoms with Crippen LogP contribution in [0.1, 0.15) is 61.6 Å². The van der Waals surface area contributed by atoms with Gasteiger partial charge in [-0.05, 0) is 12.5 Å². The highest BCUT2D eigenvalue weighted by molar-refractivity contribution is 5.97. The van der Waals surface area contributed by atoms with E-state index < -0.39 is 0 Å². The minimum Gasteiger partial charge on any atom is -0.460 e. The summed E-state index contributed by atoms with van der Waals surface area (Å²) >= 11 is 0. The molecule has 0 spiro atoms. The molecule has 0 saturated heterocycles. The number of furan rings is 1. The van der Waals surface area contributed by atoms with E-state index in [0.717, 1.165) is 41.4 Å². The maximum atomic E-state index is 11.2. The van der Waals surface area contributed by atoms with Crippen molar-refractivity contribution in [3.05, 3.63) is 35.6 Å². The first-order chi connectivity index (χ1) is 9.36. The number of carbonyl (C=O) groups is 1. The molecule has 1 heterocycles. The van der Waals surface area contributed by atoms with Crippen LogP contribution >= 0.6 is 0 Å². The lowest BCUT2D eigenvalue weighted by Crippen LogP contribution is -1.89. The number of hydrogen-bond acceptors (Lipinski definition) is 2. The van der Waals surface area contributed by atoms with Crippen molar-refractivity contribution in [2.45, 2.75) is 51.9 Å². The first-order valence-corrected chi connectivity index (χ1v) is 7.32. The molecule has 0 fully saturated rings. The molecule has 102 valence electrons. The molecule has 0 unspecified atom stereocenters. The molecule has 2 heteroatoms. The molecule has 0 aliphatic carbocycles. The zero-order chi connectivity index (χ0) is 13.5. The molecule has 1 aromatic carbocycles. The first kappa shape index (κ1) is 13.9. The molecular formula is C17H22O2. The highest BCUT2D eigenvalue weighted by atomic mass is 16.3. The van der Waals surface area contributed by atoms with Gasteiger partial charge in [-0.1, -0.05) is 57.2 Å². The van der Waals surface area contributed by atoms with E-state index in [1.54, 1.807) is 0 Å². The number of hydrogen-bond donors (Lipinski definition) is 0. The first-order valence-electron chi connectivity index (χ1n) is 7.32. The normalized spacial score (nSPS) is 11.0. The van der Waals surface area contributed by atoms with Crippen molar-refractivity contribution >= 4 is 17.3 Å². The van der Waals surface area contributed by atoms with E-state index in [-0.39, 0.29) is 0 Å². The Balaban J connectivity index is 1.94. The molecule has 0 bridgehead atoms. The van der Waals surface area contributed by atoms with E-state index in [1.807, 2.05) is 24.3 Å². The maximum absolute atomic E-state index is 11.2. The fraction of sp³-hybridized carbons (Fsp3) is 0.471. The van der Waals surface area contributed by atoms with E-state index in [4.69, 9.17) is 4.42 Å². The van der Waals surface area contributed by atoms with Crippen LogP contribution in [0, 0.1) is 0 Å². The van der Waals surface area contributed by atoms with Gasteiger partial charge in [-0.3, -0.25) is 4.79 Å². The standard InChI is InChI=1S/C17H22O2/c1-2-3-4-5-6-7-11-17-15(13-18)14-10-8-9-12-16(14)19-17/h8-10,12-13H,2-7,11H2,1H3. The van der Waals surface area contributed by atoms with Crippen LogP contribution < -0.4 is 0 Å². The summed E-state index contributed by atoms with van der Waals surface area (Å²) in [5, 5.41) is 0.943. The van der Waals surface area contributed by atoms with E-state index in [9.17, 15) is 4.79 Å². The second-order valence-corrected chi connectivity index (χ2v) is 5.07. The molecule has 2 aromatic rings. The quantitative estimate of drug-likeness (QED) is 0.484. The lowest BCUT2D eigenvalue weighted by molar-refractivity contribution is 0.112. The fourth-order valence-corrected chi connectivity index (χ4v) is 2.50. The number of aryl methyl sites for hydroxylation is 1. The zero-order valence-electron chi connectivity index (χ0n) is 11.7. The maximum Gasteiger partial charge on any atom is 0.154 e. The molecule has 19 heavy (non-hydrogen) atoms. The van der Waals surface area contributed by atoms with Gasteiger partial charge in [-0.25, -0.2) is 0 Å². The van der Waals surface area contributed by atoms with Gasteiger partial charge in [0.05, 0.1) is 5.56 Å². The number of rotatable bonds is 8. The Morgan fingerprint density at radius 2 is 1.79 bits per heavy atom. The molecule has 0 saturated carbocycles. The molecular weight excluding hydrogens is 236 g/mol. The van der Waals surface area contributed by atoms with E-state index in [0.29, 0.717) is 0 Å². The largest absolute Gasteiger partial charge is 0.460 e. The smallest absolute Gasteiger partial charge is 0.154 e. The summed E-state index contributed by atoms with van der Waals surface area (Å²) in [6.07, 6.45) is 9.32. The number of carbonyl (C=O) groups excluding carboxylic acids is 1. The molecule has 0 aliphatic rings.